The molecule has 0 radical (unpaired) electrons. The second-order valence-corrected chi connectivity index (χ2v) is 4.15. The lowest BCUT2D eigenvalue weighted by atomic mass is 10.0. The fourth-order valence-electron chi connectivity index (χ4n) is 2.10. The number of hydrogen-bond acceptors (Lipinski definition) is 4. The zero-order valence-corrected chi connectivity index (χ0v) is 8.86. The van der Waals surface area contributed by atoms with Crippen LogP contribution in [0.2, 0.25) is 0 Å². The Kier molecular flexibility index (Phi) is 2.90. The number of amides is 1. The molecule has 84 valence electrons. The number of nitrogens with one attached hydrogen (secondary N) is 1. The third kappa shape index (κ3) is 1.97. The molecule has 1 N–H and O–H groups in total. The molecule has 2 saturated heterocycles. The van der Waals surface area contributed by atoms with Crippen LogP contribution in [0.3, 0.4) is 0 Å². The van der Waals surface area contributed by atoms with Crippen LogP contribution < -0.4 is 5.32 Å². The molecule has 0 bridgehead atoms. The van der Waals surface area contributed by atoms with Crippen molar-refractivity contribution in [2.24, 2.45) is 5.92 Å². The molecule has 5 nitrogen and oxygen atoms in total. The molecule has 0 aromatic carbocycles. The Morgan fingerprint density at radius 3 is 2.87 bits per heavy atom. The van der Waals surface area contributed by atoms with E-state index in [2.05, 4.69) is 5.32 Å². The molecule has 5 heteroatoms. The summed E-state index contributed by atoms with van der Waals surface area (Å²) in [6, 6.07) is -0.344. The molecule has 0 aliphatic carbocycles. The number of carbonyl (C=O) groups excluding carboxylic acids is 2. The molecule has 0 aromatic heterocycles. The van der Waals surface area contributed by atoms with Gasteiger partial charge in [-0.1, -0.05) is 0 Å². The van der Waals surface area contributed by atoms with Gasteiger partial charge in [0.2, 0.25) is 5.91 Å². The van der Waals surface area contributed by atoms with E-state index >= 15 is 0 Å². The second kappa shape index (κ2) is 4.18. The van der Waals surface area contributed by atoms with Crippen LogP contribution in [-0.2, 0) is 14.3 Å². The lowest BCUT2D eigenvalue weighted by Gasteiger charge is -2.33. The van der Waals surface area contributed by atoms with E-state index in [9.17, 15) is 9.59 Å². The van der Waals surface area contributed by atoms with Gasteiger partial charge in [-0.3, -0.25) is 4.79 Å². The molecular weight excluding hydrogens is 196 g/mol. The quantitative estimate of drug-likeness (QED) is 0.633. The minimum Gasteiger partial charge on any atom is -0.467 e. The minimum atomic E-state index is -0.344. The predicted molar refractivity (Wildman–Crippen MR) is 53.1 cm³/mol. The van der Waals surface area contributed by atoms with E-state index in [1.807, 2.05) is 0 Å². The molecule has 1 atom stereocenters. The van der Waals surface area contributed by atoms with Crippen molar-refractivity contribution >= 4 is 11.9 Å². The molecule has 1 amide bonds. The largest absolute Gasteiger partial charge is 0.467 e. The molecule has 1 unspecified atom stereocenters. The lowest BCUT2D eigenvalue weighted by molar-refractivity contribution is -0.149. The highest BCUT2D eigenvalue weighted by atomic mass is 16.5. The van der Waals surface area contributed by atoms with Gasteiger partial charge in [-0.2, -0.15) is 0 Å². The number of esters is 1. The summed E-state index contributed by atoms with van der Waals surface area (Å²) in [5, 5.41) is 3.15. The Bertz CT molecular complexity index is 276. The van der Waals surface area contributed by atoms with Crippen molar-refractivity contribution in [3.8, 4) is 0 Å². The normalized spacial score (nSPS) is 26.6. The summed E-state index contributed by atoms with van der Waals surface area (Å²) in [7, 11) is 1.37. The van der Waals surface area contributed by atoms with Crippen LogP contribution in [0.15, 0.2) is 0 Å². The fraction of sp³-hybridized carbons (Fsp3) is 0.800. The SMILES string of the molecule is COC(=O)C1CCC(=O)N1CC1CNC1. The summed E-state index contributed by atoms with van der Waals surface area (Å²) in [5.74, 6) is 0.296. The van der Waals surface area contributed by atoms with Gasteiger partial charge >= 0.3 is 5.97 Å². The summed E-state index contributed by atoms with van der Waals surface area (Å²) >= 11 is 0. The number of nitrogens with zero attached hydrogens (tertiary/aromatic N) is 1. The first kappa shape index (κ1) is 10.4. The van der Waals surface area contributed by atoms with Crippen LogP contribution in [0.5, 0.6) is 0 Å². The summed E-state index contributed by atoms with van der Waals surface area (Å²) in [4.78, 5) is 24.7. The van der Waals surface area contributed by atoms with Gasteiger partial charge in [0, 0.05) is 32.0 Å². The number of rotatable bonds is 3. The second-order valence-electron chi connectivity index (χ2n) is 4.15. The van der Waals surface area contributed by atoms with Crippen molar-refractivity contribution in [2.45, 2.75) is 18.9 Å². The molecule has 0 spiro atoms. The van der Waals surface area contributed by atoms with E-state index in [1.165, 1.54) is 7.11 Å². The van der Waals surface area contributed by atoms with Crippen molar-refractivity contribution in [1.82, 2.24) is 10.2 Å². The predicted octanol–water partition coefficient (Wildman–Crippen LogP) is -0.630. The molecule has 2 fully saturated rings. The Morgan fingerprint density at radius 1 is 1.60 bits per heavy atom. The molecule has 15 heavy (non-hydrogen) atoms. The first-order chi connectivity index (χ1) is 7.22. The maximum atomic E-state index is 11.6. The Labute approximate surface area is 88.8 Å². The Balaban J connectivity index is 1.97. The zero-order valence-electron chi connectivity index (χ0n) is 8.86. The van der Waals surface area contributed by atoms with Crippen LogP contribution in [0.4, 0.5) is 0 Å². The Hall–Kier alpha value is -1.10. The number of ether oxygens (including phenoxy) is 1. The van der Waals surface area contributed by atoms with Gasteiger partial charge in [0.05, 0.1) is 7.11 Å². The fourth-order valence-corrected chi connectivity index (χ4v) is 2.10. The van der Waals surface area contributed by atoms with Crippen LogP contribution in [-0.4, -0.2) is 49.6 Å². The zero-order chi connectivity index (χ0) is 10.8. The molecule has 2 rings (SSSR count). The molecular formula is C10H16N2O3. The highest BCUT2D eigenvalue weighted by Crippen LogP contribution is 2.22. The van der Waals surface area contributed by atoms with Crippen molar-refractivity contribution in [1.29, 1.82) is 0 Å². The van der Waals surface area contributed by atoms with E-state index in [0.717, 1.165) is 13.1 Å². The molecule has 2 heterocycles. The minimum absolute atomic E-state index is 0.0808. The topological polar surface area (TPSA) is 58.6 Å². The smallest absolute Gasteiger partial charge is 0.328 e. The first-order valence-corrected chi connectivity index (χ1v) is 5.30. The van der Waals surface area contributed by atoms with E-state index in [0.29, 0.717) is 25.3 Å². The van der Waals surface area contributed by atoms with Crippen LogP contribution >= 0.6 is 0 Å². The van der Waals surface area contributed by atoms with E-state index in [-0.39, 0.29) is 17.9 Å². The van der Waals surface area contributed by atoms with Crippen molar-refractivity contribution in [2.75, 3.05) is 26.7 Å². The van der Waals surface area contributed by atoms with Crippen molar-refractivity contribution < 1.29 is 14.3 Å². The standard InChI is InChI=1S/C10H16N2O3/c1-15-10(14)8-2-3-9(13)12(8)6-7-4-11-5-7/h7-8,11H,2-6H2,1H3. The molecule has 0 saturated carbocycles. The third-order valence-electron chi connectivity index (χ3n) is 3.12. The van der Waals surface area contributed by atoms with Crippen molar-refractivity contribution in [3.05, 3.63) is 0 Å². The number of likely N-dealkylation sites (tertiary alicyclic amines) is 1. The van der Waals surface area contributed by atoms with E-state index in [4.69, 9.17) is 4.74 Å². The average molecular weight is 212 g/mol. The van der Waals surface area contributed by atoms with E-state index in [1.54, 1.807) is 4.90 Å². The highest BCUT2D eigenvalue weighted by Gasteiger charge is 2.38. The van der Waals surface area contributed by atoms with E-state index < -0.39 is 0 Å². The lowest BCUT2D eigenvalue weighted by Crippen LogP contribution is -2.51. The Morgan fingerprint density at radius 2 is 2.33 bits per heavy atom. The molecule has 2 aliphatic rings. The monoisotopic (exact) mass is 212 g/mol. The number of methoxy groups -OCH3 is 1. The molecule has 0 aromatic rings. The molecule has 2 aliphatic heterocycles. The summed E-state index contributed by atoms with van der Waals surface area (Å²) in [6.07, 6.45) is 1.07. The summed E-state index contributed by atoms with van der Waals surface area (Å²) in [6.45, 7) is 2.57. The first-order valence-electron chi connectivity index (χ1n) is 5.30. The van der Waals surface area contributed by atoms with Gasteiger partial charge in [0.15, 0.2) is 0 Å². The maximum Gasteiger partial charge on any atom is 0.328 e. The van der Waals surface area contributed by atoms with Crippen LogP contribution in [0.1, 0.15) is 12.8 Å². The summed E-state index contributed by atoms with van der Waals surface area (Å²) < 4.78 is 4.70. The van der Waals surface area contributed by atoms with Gasteiger partial charge in [-0.15, -0.1) is 0 Å². The van der Waals surface area contributed by atoms with Gasteiger partial charge in [-0.25, -0.2) is 4.79 Å². The van der Waals surface area contributed by atoms with Gasteiger partial charge in [-0.05, 0) is 6.42 Å². The van der Waals surface area contributed by atoms with Gasteiger partial charge in [0.1, 0.15) is 6.04 Å². The van der Waals surface area contributed by atoms with Crippen molar-refractivity contribution in [3.63, 3.8) is 0 Å². The maximum absolute atomic E-state index is 11.6. The number of hydrogen-bond donors (Lipinski definition) is 1. The number of carbonyl (C=O) groups is 2. The third-order valence-corrected chi connectivity index (χ3v) is 3.12. The van der Waals surface area contributed by atoms with Gasteiger partial charge < -0.3 is 15.0 Å². The van der Waals surface area contributed by atoms with Gasteiger partial charge in [0.25, 0.3) is 0 Å². The van der Waals surface area contributed by atoms with Crippen LogP contribution in [0, 0.1) is 5.92 Å². The average Bonchev–Trinajstić information content (AvgIpc) is 2.52. The highest BCUT2D eigenvalue weighted by molar-refractivity contribution is 5.88. The summed E-state index contributed by atoms with van der Waals surface area (Å²) in [5.41, 5.74) is 0. The van der Waals surface area contributed by atoms with Crippen LogP contribution in [0.25, 0.3) is 0 Å².